The van der Waals surface area contributed by atoms with Crippen LogP contribution in [-0.2, 0) is 6.54 Å². The van der Waals surface area contributed by atoms with E-state index in [0.717, 1.165) is 16.9 Å². The molecule has 0 saturated carbocycles. The van der Waals surface area contributed by atoms with E-state index in [1.165, 1.54) is 5.56 Å². The van der Waals surface area contributed by atoms with Crippen molar-refractivity contribution in [2.75, 3.05) is 13.3 Å². The molecule has 2 heterocycles. The molecule has 0 amide bonds. The van der Waals surface area contributed by atoms with Gasteiger partial charge in [0.05, 0.1) is 6.10 Å². The van der Waals surface area contributed by atoms with Gasteiger partial charge in [0.25, 0.3) is 0 Å². The van der Waals surface area contributed by atoms with Gasteiger partial charge in [0.15, 0.2) is 11.5 Å². The highest BCUT2D eigenvalue weighted by Crippen LogP contribution is 2.34. The van der Waals surface area contributed by atoms with Crippen LogP contribution in [0.3, 0.4) is 0 Å². The zero-order valence-corrected chi connectivity index (χ0v) is 11.9. The van der Waals surface area contributed by atoms with Gasteiger partial charge < -0.3 is 19.9 Å². The minimum absolute atomic E-state index is 0.243. The van der Waals surface area contributed by atoms with E-state index in [1.54, 1.807) is 6.20 Å². The van der Waals surface area contributed by atoms with Crippen molar-refractivity contribution in [1.82, 2.24) is 10.3 Å². The average molecular weight is 286 g/mol. The summed E-state index contributed by atoms with van der Waals surface area (Å²) in [7, 11) is 0. The Labute approximate surface area is 123 Å². The predicted octanol–water partition coefficient (Wildman–Crippen LogP) is 1.94. The molecule has 1 aromatic heterocycles. The molecule has 0 bridgehead atoms. The normalized spacial score (nSPS) is 14.2. The summed E-state index contributed by atoms with van der Waals surface area (Å²) in [6.07, 6.45) is 3.03. The Morgan fingerprint density at radius 3 is 3.00 bits per heavy atom. The van der Waals surface area contributed by atoms with Gasteiger partial charge in [-0.1, -0.05) is 6.07 Å². The molecule has 1 aromatic carbocycles. The van der Waals surface area contributed by atoms with E-state index >= 15 is 0 Å². The Bertz CT molecular complexity index is 631. The van der Waals surface area contributed by atoms with Gasteiger partial charge in [-0.05, 0) is 41.8 Å². The summed E-state index contributed by atoms with van der Waals surface area (Å²) in [5, 5.41) is 13.5. The Hall–Kier alpha value is -2.11. The van der Waals surface area contributed by atoms with Crippen molar-refractivity contribution in [3.05, 3.63) is 53.3 Å². The number of hydrogen-bond donors (Lipinski definition) is 2. The molecule has 5 nitrogen and oxygen atoms in total. The summed E-state index contributed by atoms with van der Waals surface area (Å²) in [4.78, 5) is 4.11. The number of nitrogens with zero attached hydrogens (tertiary/aromatic N) is 1. The fourth-order valence-corrected chi connectivity index (χ4v) is 2.26. The van der Waals surface area contributed by atoms with E-state index in [1.807, 2.05) is 37.4 Å². The van der Waals surface area contributed by atoms with Gasteiger partial charge in [-0.25, -0.2) is 0 Å². The molecule has 1 aliphatic heterocycles. The molecule has 3 rings (SSSR count). The van der Waals surface area contributed by atoms with Gasteiger partial charge in [0.2, 0.25) is 6.79 Å². The third-order valence-corrected chi connectivity index (χ3v) is 3.58. The lowest BCUT2D eigenvalue weighted by Crippen LogP contribution is -2.21. The number of aliphatic hydroxyl groups excluding tert-OH is 1. The number of nitrogens with one attached hydrogen (secondary N) is 1. The molecule has 0 fully saturated rings. The first-order chi connectivity index (χ1) is 10.2. The first-order valence-electron chi connectivity index (χ1n) is 6.92. The van der Waals surface area contributed by atoms with Crippen molar-refractivity contribution in [3.8, 4) is 11.5 Å². The lowest BCUT2D eigenvalue weighted by Gasteiger charge is -2.13. The van der Waals surface area contributed by atoms with Crippen LogP contribution < -0.4 is 14.8 Å². The van der Waals surface area contributed by atoms with Crippen molar-refractivity contribution in [3.63, 3.8) is 0 Å². The number of ether oxygens (including phenoxy) is 2. The summed E-state index contributed by atoms with van der Waals surface area (Å²) in [6, 6.07) is 7.48. The molecule has 0 aliphatic carbocycles. The molecule has 21 heavy (non-hydrogen) atoms. The number of hydrogen-bond acceptors (Lipinski definition) is 5. The molecule has 0 saturated heterocycles. The van der Waals surface area contributed by atoms with Crippen molar-refractivity contribution in [1.29, 1.82) is 0 Å². The highest BCUT2D eigenvalue weighted by atomic mass is 16.7. The van der Waals surface area contributed by atoms with E-state index in [4.69, 9.17) is 9.47 Å². The Morgan fingerprint density at radius 2 is 2.14 bits per heavy atom. The highest BCUT2D eigenvalue weighted by Gasteiger charge is 2.16. The van der Waals surface area contributed by atoms with Crippen molar-refractivity contribution in [2.24, 2.45) is 0 Å². The fraction of sp³-hybridized carbons (Fsp3) is 0.312. The van der Waals surface area contributed by atoms with Crippen LogP contribution >= 0.6 is 0 Å². The fourth-order valence-electron chi connectivity index (χ4n) is 2.26. The molecule has 0 radical (unpaired) electrons. The summed E-state index contributed by atoms with van der Waals surface area (Å²) in [5.41, 5.74) is 3.14. The molecule has 1 atom stereocenters. The molecule has 2 aromatic rings. The van der Waals surface area contributed by atoms with E-state index in [2.05, 4.69) is 10.3 Å². The third-order valence-electron chi connectivity index (χ3n) is 3.58. The maximum atomic E-state index is 10.2. The second kappa shape index (κ2) is 6.11. The number of benzene rings is 1. The zero-order valence-electron chi connectivity index (χ0n) is 11.9. The third kappa shape index (κ3) is 3.15. The second-order valence-electron chi connectivity index (χ2n) is 5.06. The summed E-state index contributed by atoms with van der Waals surface area (Å²) < 4.78 is 10.6. The minimum atomic E-state index is -0.587. The molecular formula is C16H18N2O3. The number of aliphatic hydroxyl groups is 1. The van der Waals surface area contributed by atoms with E-state index in [0.29, 0.717) is 18.8 Å². The minimum Gasteiger partial charge on any atom is -0.454 e. The molecule has 1 aliphatic rings. The second-order valence-corrected chi connectivity index (χ2v) is 5.06. The van der Waals surface area contributed by atoms with Gasteiger partial charge in [-0.2, -0.15) is 0 Å². The Kier molecular flexibility index (Phi) is 4.03. The Morgan fingerprint density at radius 1 is 1.29 bits per heavy atom. The predicted molar refractivity (Wildman–Crippen MR) is 78.2 cm³/mol. The zero-order chi connectivity index (χ0) is 14.7. The summed E-state index contributed by atoms with van der Waals surface area (Å²) in [5.74, 6) is 1.42. The Balaban J connectivity index is 1.57. The van der Waals surface area contributed by atoms with Crippen LogP contribution in [-0.4, -0.2) is 23.4 Å². The lowest BCUT2D eigenvalue weighted by atomic mass is 10.1. The lowest BCUT2D eigenvalue weighted by molar-refractivity contribution is 0.170. The smallest absolute Gasteiger partial charge is 0.231 e. The van der Waals surface area contributed by atoms with Crippen LogP contribution in [0, 0.1) is 6.92 Å². The van der Waals surface area contributed by atoms with Gasteiger partial charge in [0.1, 0.15) is 0 Å². The number of fused-ring (bicyclic) bond motifs is 1. The van der Waals surface area contributed by atoms with Gasteiger partial charge >= 0.3 is 0 Å². The first-order valence-corrected chi connectivity index (χ1v) is 6.92. The SMILES string of the molecule is Cc1ccncc1CNCC(O)c1ccc2c(c1)OCO2. The van der Waals surface area contributed by atoms with E-state index in [9.17, 15) is 5.11 Å². The van der Waals surface area contributed by atoms with Gasteiger partial charge in [-0.15, -0.1) is 0 Å². The van der Waals surface area contributed by atoms with E-state index < -0.39 is 6.10 Å². The van der Waals surface area contributed by atoms with Crippen LogP contribution in [0.1, 0.15) is 22.8 Å². The van der Waals surface area contributed by atoms with Crippen LogP contribution in [0.15, 0.2) is 36.7 Å². The van der Waals surface area contributed by atoms with Crippen molar-refractivity contribution >= 4 is 0 Å². The maximum Gasteiger partial charge on any atom is 0.231 e. The van der Waals surface area contributed by atoms with Gasteiger partial charge in [0, 0.05) is 25.5 Å². The highest BCUT2D eigenvalue weighted by molar-refractivity contribution is 5.45. The quantitative estimate of drug-likeness (QED) is 0.879. The van der Waals surface area contributed by atoms with Gasteiger partial charge in [-0.3, -0.25) is 4.98 Å². The summed E-state index contributed by atoms with van der Waals surface area (Å²) in [6.45, 7) is 3.44. The molecular weight excluding hydrogens is 268 g/mol. The van der Waals surface area contributed by atoms with Crippen LogP contribution in [0.4, 0.5) is 0 Å². The number of aryl methyl sites for hydroxylation is 1. The largest absolute Gasteiger partial charge is 0.454 e. The average Bonchev–Trinajstić information content (AvgIpc) is 2.96. The molecule has 5 heteroatoms. The topological polar surface area (TPSA) is 63.6 Å². The van der Waals surface area contributed by atoms with Crippen LogP contribution in [0.5, 0.6) is 11.5 Å². The monoisotopic (exact) mass is 286 g/mol. The molecule has 1 unspecified atom stereocenters. The van der Waals surface area contributed by atoms with Crippen molar-refractivity contribution in [2.45, 2.75) is 19.6 Å². The number of rotatable bonds is 5. The molecule has 110 valence electrons. The molecule has 0 spiro atoms. The standard InChI is InChI=1S/C16H18N2O3/c1-11-4-5-17-7-13(11)8-18-9-14(19)12-2-3-15-16(6-12)21-10-20-15/h2-7,14,18-19H,8-10H2,1H3. The number of pyridine rings is 1. The van der Waals surface area contributed by atoms with Crippen molar-refractivity contribution < 1.29 is 14.6 Å². The number of aromatic nitrogens is 1. The first kappa shape index (κ1) is 13.9. The molecule has 2 N–H and O–H groups in total. The van der Waals surface area contributed by atoms with Crippen LogP contribution in [0.25, 0.3) is 0 Å². The van der Waals surface area contributed by atoms with E-state index in [-0.39, 0.29) is 6.79 Å². The maximum absolute atomic E-state index is 10.2. The summed E-state index contributed by atoms with van der Waals surface area (Å²) >= 11 is 0. The van der Waals surface area contributed by atoms with Crippen LogP contribution in [0.2, 0.25) is 0 Å².